The van der Waals surface area contributed by atoms with Crippen LogP contribution in [0.5, 0.6) is 5.75 Å². The van der Waals surface area contributed by atoms with E-state index in [9.17, 15) is 0 Å². The molecule has 0 fully saturated rings. The molecule has 1 aliphatic heterocycles. The van der Waals surface area contributed by atoms with Gasteiger partial charge in [-0.2, -0.15) is 0 Å². The van der Waals surface area contributed by atoms with Crippen LogP contribution in [0.15, 0.2) is 107 Å². The molecule has 0 saturated carbocycles. The third-order valence-corrected chi connectivity index (χ3v) is 8.22. The molecule has 38 heavy (non-hydrogen) atoms. The lowest BCUT2D eigenvalue weighted by Gasteiger charge is -2.37. The van der Waals surface area contributed by atoms with Crippen LogP contribution in [0.25, 0.3) is 0 Å². The molecule has 0 bridgehead atoms. The van der Waals surface area contributed by atoms with Gasteiger partial charge in [-0.3, -0.25) is 4.99 Å². The van der Waals surface area contributed by atoms with Crippen molar-refractivity contribution in [2.75, 3.05) is 5.32 Å². The maximum atomic E-state index is 6.49. The fourth-order valence-electron chi connectivity index (χ4n) is 5.42. The first-order valence-electron chi connectivity index (χ1n) is 12.9. The molecule has 0 spiro atoms. The average Bonchev–Trinajstić information content (AvgIpc) is 3.43. The zero-order valence-electron chi connectivity index (χ0n) is 21.1. The van der Waals surface area contributed by atoms with Gasteiger partial charge >= 0.3 is 0 Å². The number of aryl methyl sites for hydroxylation is 1. The van der Waals surface area contributed by atoms with Crippen molar-refractivity contribution in [1.82, 2.24) is 0 Å². The van der Waals surface area contributed by atoms with Gasteiger partial charge in [0.15, 0.2) is 0 Å². The lowest BCUT2D eigenvalue weighted by Crippen LogP contribution is -2.29. The van der Waals surface area contributed by atoms with Gasteiger partial charge in [0.25, 0.3) is 0 Å². The normalized spacial score (nSPS) is 19.7. The Bertz CT molecular complexity index is 1510. The smallest absolute Gasteiger partial charge is 0.138 e. The van der Waals surface area contributed by atoms with Crippen molar-refractivity contribution in [3.63, 3.8) is 0 Å². The number of ether oxygens (including phenoxy) is 1. The second kappa shape index (κ2) is 10.8. The van der Waals surface area contributed by atoms with Crippen LogP contribution < -0.4 is 10.1 Å². The molecule has 2 aliphatic rings. The van der Waals surface area contributed by atoms with E-state index in [0.717, 1.165) is 27.7 Å². The van der Waals surface area contributed by atoms with Gasteiger partial charge in [0, 0.05) is 22.3 Å². The summed E-state index contributed by atoms with van der Waals surface area (Å²) >= 11 is 9.94. The van der Waals surface area contributed by atoms with E-state index >= 15 is 0 Å². The molecule has 1 aliphatic carbocycles. The maximum Gasteiger partial charge on any atom is 0.138 e. The molecule has 3 nitrogen and oxygen atoms in total. The van der Waals surface area contributed by atoms with E-state index in [1.807, 2.05) is 48.7 Å². The molecule has 3 atom stereocenters. The zero-order chi connectivity index (χ0) is 26.1. The Kier molecular flexibility index (Phi) is 7.10. The molecule has 0 unspecified atom stereocenters. The highest BCUT2D eigenvalue weighted by molar-refractivity contribution is 9.10. The second-order valence-electron chi connectivity index (χ2n) is 10.0. The third-order valence-electron chi connectivity index (χ3n) is 7.40. The molecule has 0 aromatic heterocycles. The van der Waals surface area contributed by atoms with Crippen molar-refractivity contribution < 1.29 is 4.74 Å². The van der Waals surface area contributed by atoms with Crippen LogP contribution >= 0.6 is 27.5 Å². The fourth-order valence-corrected chi connectivity index (χ4v) is 5.92. The molecule has 0 radical (unpaired) electrons. The van der Waals surface area contributed by atoms with E-state index in [-0.39, 0.29) is 6.04 Å². The molecule has 0 amide bonds. The lowest BCUT2D eigenvalue weighted by molar-refractivity contribution is 0.306. The van der Waals surface area contributed by atoms with Gasteiger partial charge < -0.3 is 10.1 Å². The van der Waals surface area contributed by atoms with E-state index in [0.29, 0.717) is 29.2 Å². The van der Waals surface area contributed by atoms with Gasteiger partial charge in [-0.1, -0.05) is 81.6 Å². The third kappa shape index (κ3) is 5.29. The molecule has 1 N–H and O–H groups in total. The van der Waals surface area contributed by atoms with Crippen LogP contribution in [0.1, 0.15) is 46.2 Å². The Balaban J connectivity index is 1.12. The molecule has 190 valence electrons. The number of fused-ring (bicyclic) bond motifs is 3. The number of benzene rings is 4. The topological polar surface area (TPSA) is 33.6 Å². The van der Waals surface area contributed by atoms with Crippen molar-refractivity contribution in [3.05, 3.63) is 134 Å². The number of hydrogen-bond acceptors (Lipinski definition) is 3. The highest BCUT2D eigenvalue weighted by Gasteiger charge is 2.37. The summed E-state index contributed by atoms with van der Waals surface area (Å²) in [6, 6.07) is 29.4. The summed E-state index contributed by atoms with van der Waals surface area (Å²) in [4.78, 5) is 4.69. The van der Waals surface area contributed by atoms with Gasteiger partial charge in [-0.15, -0.1) is 0 Å². The summed E-state index contributed by atoms with van der Waals surface area (Å²) in [6.07, 6.45) is 7.66. The van der Waals surface area contributed by atoms with Gasteiger partial charge in [-0.25, -0.2) is 0 Å². The summed E-state index contributed by atoms with van der Waals surface area (Å²) < 4.78 is 6.95. The van der Waals surface area contributed by atoms with E-state index in [4.69, 9.17) is 16.3 Å². The Morgan fingerprint density at radius 2 is 1.82 bits per heavy atom. The van der Waals surface area contributed by atoms with E-state index in [1.54, 1.807) is 0 Å². The van der Waals surface area contributed by atoms with Crippen LogP contribution in [0.3, 0.4) is 0 Å². The van der Waals surface area contributed by atoms with Gasteiger partial charge in [-0.05, 0) is 90.0 Å². The van der Waals surface area contributed by atoms with E-state index in [1.165, 1.54) is 22.4 Å². The number of aliphatic imine (C=N–C) groups is 1. The fraction of sp³-hybridized carbons (Fsp3) is 0.182. The first-order chi connectivity index (χ1) is 18.5. The van der Waals surface area contributed by atoms with E-state index < -0.39 is 0 Å². The highest BCUT2D eigenvalue weighted by Crippen LogP contribution is 2.50. The molecule has 4 aromatic carbocycles. The van der Waals surface area contributed by atoms with Crippen LogP contribution in [-0.2, 0) is 6.61 Å². The molecule has 1 heterocycles. The second-order valence-corrected chi connectivity index (χ2v) is 11.3. The van der Waals surface area contributed by atoms with Crippen LogP contribution in [0.2, 0.25) is 5.02 Å². The van der Waals surface area contributed by atoms with Crippen molar-refractivity contribution in [3.8, 4) is 5.75 Å². The first kappa shape index (κ1) is 25.0. The minimum absolute atomic E-state index is 0.284. The quantitative estimate of drug-likeness (QED) is 0.181. The number of hydrogen-bond donors (Lipinski definition) is 1. The van der Waals surface area contributed by atoms with Gasteiger partial charge in [0.2, 0.25) is 0 Å². The minimum Gasteiger partial charge on any atom is -0.487 e. The van der Waals surface area contributed by atoms with Crippen LogP contribution in [0, 0.1) is 12.8 Å². The predicted molar refractivity (Wildman–Crippen MR) is 161 cm³/mol. The maximum absolute atomic E-state index is 6.49. The van der Waals surface area contributed by atoms with Gasteiger partial charge in [0.1, 0.15) is 12.4 Å². The number of halogens is 2. The number of anilines is 1. The number of nitrogens with zero attached hydrogens (tertiary/aromatic N) is 1. The first-order valence-corrected chi connectivity index (χ1v) is 14.1. The Hall–Kier alpha value is -3.34. The Morgan fingerprint density at radius 1 is 1.00 bits per heavy atom. The van der Waals surface area contributed by atoms with Crippen LogP contribution in [0.4, 0.5) is 11.4 Å². The molecule has 4 aromatic rings. The summed E-state index contributed by atoms with van der Waals surface area (Å²) in [5.41, 5.74) is 8.20. The molecule has 5 heteroatoms. The van der Waals surface area contributed by atoms with E-state index in [2.05, 4.69) is 87.8 Å². The monoisotopic (exact) mass is 582 g/mol. The predicted octanol–water partition coefficient (Wildman–Crippen LogP) is 9.57. The number of rotatable bonds is 6. The van der Waals surface area contributed by atoms with Crippen molar-refractivity contribution in [2.24, 2.45) is 10.9 Å². The number of allylic oxidation sites excluding steroid dienone is 2. The molecule has 6 rings (SSSR count). The van der Waals surface area contributed by atoms with Crippen molar-refractivity contribution >= 4 is 45.1 Å². The SMILES string of the molecule is Cc1ccc2c(c1)[C@@H]1C=CC[C@H]1[C@@H](c1ccc(N=Cc3ccc(OCc4ccc(Br)cc4)c(Cl)c3)cc1)N2. The summed E-state index contributed by atoms with van der Waals surface area (Å²) in [5, 5.41) is 4.39. The standard InChI is InChI=1S/C33H28BrClN2O/c1-21-5-15-31-29(17-21)27-3-2-4-28(27)33(37-31)24-9-13-26(14-10-24)36-19-23-8-16-32(30(35)18-23)38-20-22-6-11-25(34)12-7-22/h2-3,5-19,27-28,33,37H,4,20H2,1H3/t27-,28-,33-/m1/s1. The average molecular weight is 584 g/mol. The zero-order valence-corrected chi connectivity index (χ0v) is 23.4. The van der Waals surface area contributed by atoms with Crippen LogP contribution in [-0.4, -0.2) is 6.21 Å². The molecule has 0 saturated heterocycles. The summed E-state index contributed by atoms with van der Waals surface area (Å²) in [7, 11) is 0. The Labute approximate surface area is 237 Å². The molecular formula is C33H28BrClN2O. The Morgan fingerprint density at radius 3 is 2.61 bits per heavy atom. The largest absolute Gasteiger partial charge is 0.487 e. The van der Waals surface area contributed by atoms with Crippen molar-refractivity contribution in [2.45, 2.75) is 31.9 Å². The highest BCUT2D eigenvalue weighted by atomic mass is 79.9. The number of nitrogens with one attached hydrogen (secondary N) is 1. The summed E-state index contributed by atoms with van der Waals surface area (Å²) in [5.74, 6) is 1.67. The van der Waals surface area contributed by atoms with Gasteiger partial charge in [0.05, 0.1) is 16.8 Å². The summed E-state index contributed by atoms with van der Waals surface area (Å²) in [6.45, 7) is 2.63. The lowest BCUT2D eigenvalue weighted by atomic mass is 9.76. The molecular weight excluding hydrogens is 556 g/mol. The minimum atomic E-state index is 0.284. The van der Waals surface area contributed by atoms with Crippen molar-refractivity contribution in [1.29, 1.82) is 0 Å².